The monoisotopic (exact) mass is 859 g/mol. The molecular weight excluding hydrogens is 814 g/mol. The van der Waals surface area contributed by atoms with E-state index < -0.39 is 0 Å². The minimum atomic E-state index is -0.264. The first-order valence-corrected chi connectivity index (χ1v) is 23.2. The summed E-state index contributed by atoms with van der Waals surface area (Å²) in [5.74, 6) is 3.19. The Labute approximate surface area is 392 Å². The second-order valence-electron chi connectivity index (χ2n) is 19.1. The van der Waals surface area contributed by atoms with Gasteiger partial charge in [0.25, 0.3) is 6.71 Å². The Morgan fingerprint density at radius 1 is 0.373 bits per heavy atom. The number of ether oxygens (including phenoxy) is 2. The van der Waals surface area contributed by atoms with Crippen molar-refractivity contribution in [2.75, 3.05) is 0 Å². The summed E-state index contributed by atoms with van der Waals surface area (Å²) in [4.78, 5) is 0. The Morgan fingerprint density at radius 3 is 1.24 bits per heavy atom. The van der Waals surface area contributed by atoms with Gasteiger partial charge in [-0.15, -0.1) is 0 Å². The summed E-state index contributed by atoms with van der Waals surface area (Å²) < 4.78 is 14.2. The predicted octanol–water partition coefficient (Wildman–Crippen LogP) is 14.2. The maximum absolute atomic E-state index is 10.7. The van der Waals surface area contributed by atoms with Gasteiger partial charge >= 0.3 is 0 Å². The van der Waals surface area contributed by atoms with Gasteiger partial charge in [0, 0.05) is 16.3 Å². The van der Waals surface area contributed by atoms with Gasteiger partial charge in [-0.2, -0.15) is 5.26 Å². The lowest BCUT2D eigenvalue weighted by Gasteiger charge is -2.35. The molecule has 67 heavy (non-hydrogen) atoms. The van der Waals surface area contributed by atoms with Crippen LogP contribution in [0.2, 0.25) is 0 Å². The standard InChI is InChI=1S/C63H46BNO2/c1-62(2,45-20-10-6-11-21-45)47-28-30-53-55(37-47)66-57-35-43(36-58-61(57)64(53)54-31-29-48(38-56(54)67-58)63(3,4)46-22-12-7-13-23-46)42-32-40(39-65)33-44(34-42)60-51-26-16-14-24-49(51)59(41-18-8-5-9-19-41)50-25-15-17-27-52(50)60/h5-38H,1-4H3. The van der Waals surface area contributed by atoms with Crippen molar-refractivity contribution in [2.24, 2.45) is 0 Å². The van der Waals surface area contributed by atoms with Crippen molar-refractivity contribution in [3.8, 4) is 62.4 Å². The first-order valence-electron chi connectivity index (χ1n) is 23.2. The van der Waals surface area contributed by atoms with E-state index in [0.29, 0.717) is 5.56 Å². The van der Waals surface area contributed by atoms with Crippen LogP contribution in [-0.2, 0) is 10.8 Å². The summed E-state index contributed by atoms with van der Waals surface area (Å²) in [6, 6.07) is 75.9. The summed E-state index contributed by atoms with van der Waals surface area (Å²) in [6.45, 7) is 8.99. The third kappa shape index (κ3) is 6.57. The molecule has 2 heterocycles. The van der Waals surface area contributed by atoms with Gasteiger partial charge in [-0.25, -0.2) is 0 Å². The van der Waals surface area contributed by atoms with Gasteiger partial charge in [-0.3, -0.25) is 0 Å². The molecule has 0 atom stereocenters. The molecular formula is C63H46BNO2. The van der Waals surface area contributed by atoms with E-state index in [9.17, 15) is 5.26 Å². The Balaban J connectivity index is 1.05. The Kier molecular flexibility index (Phi) is 9.35. The van der Waals surface area contributed by atoms with E-state index in [1.165, 1.54) is 44.2 Å². The second-order valence-corrected chi connectivity index (χ2v) is 19.1. The van der Waals surface area contributed by atoms with Gasteiger partial charge in [0.05, 0.1) is 11.6 Å². The molecule has 10 aromatic rings. The summed E-state index contributed by atoms with van der Waals surface area (Å²) in [5, 5.41) is 15.3. The smallest absolute Gasteiger partial charge is 0.260 e. The fourth-order valence-corrected chi connectivity index (χ4v) is 10.8. The number of benzene rings is 10. The normalized spacial score (nSPS) is 12.7. The Morgan fingerprint density at radius 2 is 0.776 bits per heavy atom. The summed E-state index contributed by atoms with van der Waals surface area (Å²) in [5.41, 5.74) is 14.4. The van der Waals surface area contributed by atoms with Crippen molar-refractivity contribution in [1.29, 1.82) is 5.26 Å². The quantitative estimate of drug-likeness (QED) is 0.118. The topological polar surface area (TPSA) is 42.2 Å². The molecule has 0 bridgehead atoms. The highest BCUT2D eigenvalue weighted by Crippen LogP contribution is 2.46. The lowest BCUT2D eigenvalue weighted by molar-refractivity contribution is 0.462. The van der Waals surface area contributed by atoms with Crippen LogP contribution in [0.5, 0.6) is 23.0 Å². The number of nitrogens with zero attached hydrogens (tertiary/aromatic N) is 1. The third-order valence-corrected chi connectivity index (χ3v) is 14.6. The number of hydrogen-bond acceptors (Lipinski definition) is 3. The van der Waals surface area contributed by atoms with Gasteiger partial charge in [0.1, 0.15) is 23.0 Å². The zero-order valence-electron chi connectivity index (χ0n) is 38.0. The van der Waals surface area contributed by atoms with Crippen molar-refractivity contribution in [2.45, 2.75) is 38.5 Å². The average molecular weight is 860 g/mol. The summed E-state index contributed by atoms with van der Waals surface area (Å²) in [7, 11) is 0. The molecule has 2 aliphatic heterocycles. The van der Waals surface area contributed by atoms with E-state index in [1.807, 2.05) is 12.1 Å². The van der Waals surface area contributed by atoms with E-state index in [1.54, 1.807) is 0 Å². The molecule has 12 rings (SSSR count). The molecule has 0 N–H and O–H groups in total. The fourth-order valence-electron chi connectivity index (χ4n) is 10.8. The largest absolute Gasteiger partial charge is 0.458 e. The lowest BCUT2D eigenvalue weighted by Crippen LogP contribution is -2.57. The highest BCUT2D eigenvalue weighted by molar-refractivity contribution is 6.98. The van der Waals surface area contributed by atoms with Crippen LogP contribution >= 0.6 is 0 Å². The van der Waals surface area contributed by atoms with Crippen LogP contribution in [0.25, 0.3) is 54.9 Å². The first kappa shape index (κ1) is 40.4. The fraction of sp³-hybridized carbons (Fsp3) is 0.0952. The SMILES string of the molecule is CC(C)(c1ccccc1)c1ccc2c(c1)Oc1cc(-c3cc(C#N)cc(-c4c5ccccc5c(-c5ccccc5)c5ccccc45)c3)cc3c1B2c1ccc(C(C)(C)c2ccccc2)cc1O3. The van der Waals surface area contributed by atoms with Gasteiger partial charge in [-0.05, 0) is 131 Å². The van der Waals surface area contributed by atoms with Gasteiger partial charge in [0.2, 0.25) is 0 Å². The molecule has 0 unspecified atom stereocenters. The molecule has 318 valence electrons. The molecule has 0 saturated carbocycles. The molecule has 10 aromatic carbocycles. The van der Waals surface area contributed by atoms with Crippen LogP contribution in [0.3, 0.4) is 0 Å². The van der Waals surface area contributed by atoms with Crippen molar-refractivity contribution >= 4 is 44.6 Å². The van der Waals surface area contributed by atoms with Crippen LogP contribution in [0.15, 0.2) is 206 Å². The zero-order chi connectivity index (χ0) is 45.4. The highest BCUT2D eigenvalue weighted by atomic mass is 16.5. The zero-order valence-corrected chi connectivity index (χ0v) is 38.0. The van der Waals surface area contributed by atoms with Crippen molar-refractivity contribution in [1.82, 2.24) is 0 Å². The molecule has 0 spiro atoms. The number of fused-ring (bicyclic) bond motifs is 6. The molecule has 4 heteroatoms. The molecule has 0 saturated heterocycles. The van der Waals surface area contributed by atoms with Gasteiger partial charge in [-0.1, -0.05) is 191 Å². The second kappa shape index (κ2) is 15.5. The maximum atomic E-state index is 10.7. The Hall–Kier alpha value is -8.13. The molecule has 0 radical (unpaired) electrons. The number of nitriles is 1. The molecule has 0 aliphatic carbocycles. The molecule has 0 aromatic heterocycles. The van der Waals surface area contributed by atoms with Crippen LogP contribution in [-0.4, -0.2) is 6.71 Å². The molecule has 3 nitrogen and oxygen atoms in total. The van der Waals surface area contributed by atoms with Crippen LogP contribution in [0, 0.1) is 11.3 Å². The summed E-state index contributed by atoms with van der Waals surface area (Å²) >= 11 is 0. The van der Waals surface area contributed by atoms with E-state index >= 15 is 0 Å². The van der Waals surface area contributed by atoms with Crippen LogP contribution < -0.4 is 25.9 Å². The lowest BCUT2D eigenvalue weighted by atomic mass is 9.34. The first-order chi connectivity index (χ1) is 32.7. The highest BCUT2D eigenvalue weighted by Gasteiger charge is 2.42. The summed E-state index contributed by atoms with van der Waals surface area (Å²) in [6.07, 6.45) is 0. The van der Waals surface area contributed by atoms with Gasteiger partial charge < -0.3 is 9.47 Å². The van der Waals surface area contributed by atoms with Gasteiger partial charge in [0.15, 0.2) is 0 Å². The molecule has 2 aliphatic rings. The van der Waals surface area contributed by atoms with Crippen LogP contribution in [0.1, 0.15) is 55.5 Å². The van der Waals surface area contributed by atoms with Crippen molar-refractivity contribution in [3.05, 3.63) is 234 Å². The molecule has 0 fully saturated rings. The minimum Gasteiger partial charge on any atom is -0.458 e. The Bertz CT molecular complexity index is 3460. The minimum absolute atomic E-state index is 0.115. The van der Waals surface area contributed by atoms with Crippen molar-refractivity contribution < 1.29 is 9.47 Å². The third-order valence-electron chi connectivity index (χ3n) is 14.6. The van der Waals surface area contributed by atoms with E-state index in [-0.39, 0.29) is 17.5 Å². The predicted molar refractivity (Wildman–Crippen MR) is 277 cm³/mol. The van der Waals surface area contributed by atoms with E-state index in [0.717, 1.165) is 72.4 Å². The average Bonchev–Trinajstić information content (AvgIpc) is 3.37. The van der Waals surface area contributed by atoms with Crippen LogP contribution in [0.4, 0.5) is 0 Å². The van der Waals surface area contributed by atoms with Crippen molar-refractivity contribution in [3.63, 3.8) is 0 Å². The number of hydrogen-bond donors (Lipinski definition) is 0. The van der Waals surface area contributed by atoms with E-state index in [2.05, 4.69) is 228 Å². The molecule has 0 amide bonds. The maximum Gasteiger partial charge on any atom is 0.260 e. The number of rotatable bonds is 7. The van der Waals surface area contributed by atoms with E-state index in [4.69, 9.17) is 9.47 Å².